The van der Waals surface area contributed by atoms with E-state index in [4.69, 9.17) is 9.84 Å². The lowest BCUT2D eigenvalue weighted by Crippen LogP contribution is -2.05. The van der Waals surface area contributed by atoms with Crippen LogP contribution in [0, 0.1) is 0 Å². The molecule has 0 bridgehead atoms. The highest BCUT2D eigenvalue weighted by molar-refractivity contribution is 9.10. The molecule has 21 heavy (non-hydrogen) atoms. The molecule has 0 aromatic heterocycles. The lowest BCUT2D eigenvalue weighted by atomic mass is 10.0. The van der Waals surface area contributed by atoms with Crippen LogP contribution in [0.2, 0.25) is 0 Å². The number of aromatic carboxylic acids is 1. The van der Waals surface area contributed by atoms with Crippen molar-refractivity contribution in [3.63, 3.8) is 0 Å². The normalized spacial score (nSPS) is 10.7. The maximum atomic E-state index is 11.2. The monoisotopic (exact) mass is 348 g/mol. The maximum absolute atomic E-state index is 11.2. The minimum atomic E-state index is -0.939. The van der Waals surface area contributed by atoms with Crippen molar-refractivity contribution in [3.8, 4) is 5.75 Å². The van der Waals surface area contributed by atoms with Crippen LogP contribution in [0.1, 0.15) is 41.3 Å². The summed E-state index contributed by atoms with van der Waals surface area (Å²) in [5.41, 5.74) is 2.11. The summed E-state index contributed by atoms with van der Waals surface area (Å²) in [6, 6.07) is 12.8. The van der Waals surface area contributed by atoms with Gasteiger partial charge in [-0.3, -0.25) is 0 Å². The molecule has 2 aromatic carbocycles. The second-order valence-corrected chi connectivity index (χ2v) is 6.04. The van der Waals surface area contributed by atoms with Gasteiger partial charge in [0.1, 0.15) is 12.4 Å². The Kier molecular flexibility index (Phi) is 5.02. The fourth-order valence-electron chi connectivity index (χ4n) is 2.02. The van der Waals surface area contributed by atoms with Crippen LogP contribution in [0.25, 0.3) is 0 Å². The van der Waals surface area contributed by atoms with Crippen LogP contribution >= 0.6 is 15.9 Å². The van der Waals surface area contributed by atoms with Crippen molar-refractivity contribution in [3.05, 3.63) is 63.6 Å². The summed E-state index contributed by atoms with van der Waals surface area (Å²) in [5.74, 6) is 0.190. The average molecular weight is 349 g/mol. The average Bonchev–Trinajstić information content (AvgIpc) is 2.44. The third kappa shape index (κ3) is 4.08. The van der Waals surface area contributed by atoms with Crippen molar-refractivity contribution >= 4 is 21.9 Å². The van der Waals surface area contributed by atoms with Gasteiger partial charge in [0.25, 0.3) is 0 Å². The summed E-state index contributed by atoms with van der Waals surface area (Å²) in [5, 5.41) is 9.16. The van der Waals surface area contributed by atoms with Crippen molar-refractivity contribution in [2.24, 2.45) is 0 Å². The molecule has 0 atom stereocenters. The van der Waals surface area contributed by atoms with Gasteiger partial charge in [0, 0.05) is 10.0 Å². The summed E-state index contributed by atoms with van der Waals surface area (Å²) in [7, 11) is 0. The molecule has 110 valence electrons. The summed E-state index contributed by atoms with van der Waals surface area (Å²) in [6.45, 7) is 4.47. The number of halogens is 1. The molecule has 0 fully saturated rings. The molecule has 0 spiro atoms. The number of benzene rings is 2. The number of rotatable bonds is 5. The highest BCUT2D eigenvalue weighted by Crippen LogP contribution is 2.27. The van der Waals surface area contributed by atoms with Gasteiger partial charge in [-0.05, 0) is 35.7 Å². The molecule has 1 N–H and O–H groups in total. The predicted octanol–water partition coefficient (Wildman–Crippen LogP) is 4.85. The molecular formula is C17H17BrO3. The molecule has 0 unspecified atom stereocenters. The van der Waals surface area contributed by atoms with Crippen LogP contribution in [0.4, 0.5) is 0 Å². The first kappa shape index (κ1) is 15.6. The zero-order valence-corrected chi connectivity index (χ0v) is 13.6. The van der Waals surface area contributed by atoms with Gasteiger partial charge in [-0.25, -0.2) is 4.79 Å². The molecular weight excluding hydrogens is 332 g/mol. The van der Waals surface area contributed by atoms with Crippen LogP contribution < -0.4 is 4.74 Å². The number of carboxylic acid groups (broad SMARTS) is 1. The maximum Gasteiger partial charge on any atom is 0.336 e. The zero-order chi connectivity index (χ0) is 15.4. The SMILES string of the molecule is CC(C)c1cc(Br)cc(OCc2ccccc2C(=O)O)c1. The second-order valence-electron chi connectivity index (χ2n) is 5.13. The number of ether oxygens (including phenoxy) is 1. The van der Waals surface area contributed by atoms with E-state index in [1.807, 2.05) is 18.2 Å². The second kappa shape index (κ2) is 6.76. The van der Waals surface area contributed by atoms with E-state index in [2.05, 4.69) is 35.8 Å². The van der Waals surface area contributed by atoms with Gasteiger partial charge in [-0.1, -0.05) is 48.0 Å². The quantitative estimate of drug-likeness (QED) is 0.839. The highest BCUT2D eigenvalue weighted by Gasteiger charge is 2.10. The van der Waals surface area contributed by atoms with Gasteiger partial charge in [0.05, 0.1) is 5.56 Å². The van der Waals surface area contributed by atoms with E-state index < -0.39 is 5.97 Å². The highest BCUT2D eigenvalue weighted by atomic mass is 79.9. The van der Waals surface area contributed by atoms with Crippen molar-refractivity contribution in [2.45, 2.75) is 26.4 Å². The third-order valence-corrected chi connectivity index (χ3v) is 3.66. The Morgan fingerprint density at radius 1 is 1.24 bits per heavy atom. The summed E-state index contributed by atoms with van der Waals surface area (Å²) in [4.78, 5) is 11.2. The molecule has 0 heterocycles. The van der Waals surface area contributed by atoms with Crippen LogP contribution in [0.3, 0.4) is 0 Å². The third-order valence-electron chi connectivity index (χ3n) is 3.20. The predicted molar refractivity (Wildman–Crippen MR) is 86.0 cm³/mol. The van der Waals surface area contributed by atoms with Crippen molar-refractivity contribution in [1.82, 2.24) is 0 Å². The van der Waals surface area contributed by atoms with E-state index in [1.165, 1.54) is 5.56 Å². The van der Waals surface area contributed by atoms with Gasteiger partial charge in [0.2, 0.25) is 0 Å². The Bertz CT molecular complexity index is 650. The summed E-state index contributed by atoms with van der Waals surface area (Å²) >= 11 is 3.47. The molecule has 2 aromatic rings. The molecule has 0 saturated carbocycles. The largest absolute Gasteiger partial charge is 0.489 e. The number of carbonyl (C=O) groups is 1. The zero-order valence-electron chi connectivity index (χ0n) is 12.0. The molecule has 2 rings (SSSR count). The van der Waals surface area contributed by atoms with E-state index in [9.17, 15) is 4.79 Å². The smallest absolute Gasteiger partial charge is 0.336 e. The molecule has 0 amide bonds. The Balaban J connectivity index is 2.19. The van der Waals surface area contributed by atoms with Gasteiger partial charge >= 0.3 is 5.97 Å². The van der Waals surface area contributed by atoms with E-state index >= 15 is 0 Å². The lowest BCUT2D eigenvalue weighted by Gasteiger charge is -2.12. The molecule has 4 heteroatoms. The Morgan fingerprint density at radius 2 is 1.95 bits per heavy atom. The lowest BCUT2D eigenvalue weighted by molar-refractivity contribution is 0.0694. The topological polar surface area (TPSA) is 46.5 Å². The molecule has 0 aliphatic heterocycles. The van der Waals surface area contributed by atoms with Crippen LogP contribution in [-0.4, -0.2) is 11.1 Å². The van der Waals surface area contributed by atoms with Crippen molar-refractivity contribution < 1.29 is 14.6 Å². The number of hydrogen-bond acceptors (Lipinski definition) is 2. The standard InChI is InChI=1S/C17H17BrO3/c1-11(2)13-7-14(18)9-15(8-13)21-10-12-5-3-4-6-16(12)17(19)20/h3-9,11H,10H2,1-2H3,(H,19,20). The number of hydrogen-bond donors (Lipinski definition) is 1. The van der Waals surface area contributed by atoms with E-state index in [0.29, 0.717) is 11.5 Å². The van der Waals surface area contributed by atoms with E-state index in [-0.39, 0.29) is 12.2 Å². The fraction of sp³-hybridized carbons (Fsp3) is 0.235. The van der Waals surface area contributed by atoms with E-state index in [0.717, 1.165) is 10.2 Å². The molecule has 0 radical (unpaired) electrons. The van der Waals surface area contributed by atoms with Gasteiger partial charge in [0.15, 0.2) is 0 Å². The van der Waals surface area contributed by atoms with Crippen molar-refractivity contribution in [1.29, 1.82) is 0 Å². The van der Waals surface area contributed by atoms with Crippen LogP contribution in [0.5, 0.6) is 5.75 Å². The van der Waals surface area contributed by atoms with Crippen molar-refractivity contribution in [2.75, 3.05) is 0 Å². The summed E-state index contributed by atoms with van der Waals surface area (Å²) in [6.07, 6.45) is 0. The molecule has 0 aliphatic carbocycles. The first-order valence-electron chi connectivity index (χ1n) is 6.72. The Labute approximate surface area is 132 Å². The minimum absolute atomic E-state index is 0.233. The summed E-state index contributed by atoms with van der Waals surface area (Å²) < 4.78 is 6.72. The Morgan fingerprint density at radius 3 is 2.62 bits per heavy atom. The van der Waals surface area contributed by atoms with Crippen LogP contribution in [-0.2, 0) is 6.61 Å². The minimum Gasteiger partial charge on any atom is -0.489 e. The van der Waals surface area contributed by atoms with Crippen LogP contribution in [0.15, 0.2) is 46.9 Å². The Hall–Kier alpha value is -1.81. The molecule has 0 saturated heterocycles. The fourth-order valence-corrected chi connectivity index (χ4v) is 2.51. The number of carboxylic acids is 1. The molecule has 3 nitrogen and oxygen atoms in total. The van der Waals surface area contributed by atoms with Gasteiger partial charge in [-0.15, -0.1) is 0 Å². The van der Waals surface area contributed by atoms with Gasteiger partial charge in [-0.2, -0.15) is 0 Å². The first-order chi connectivity index (χ1) is 9.97. The first-order valence-corrected chi connectivity index (χ1v) is 7.51. The van der Waals surface area contributed by atoms with Gasteiger partial charge < -0.3 is 9.84 Å². The van der Waals surface area contributed by atoms with E-state index in [1.54, 1.807) is 18.2 Å². The molecule has 0 aliphatic rings.